The van der Waals surface area contributed by atoms with Crippen LogP contribution < -0.4 is 16.0 Å². The molecule has 0 bridgehead atoms. The van der Waals surface area contributed by atoms with Crippen LogP contribution in [-0.2, 0) is 10.2 Å². The van der Waals surface area contributed by atoms with E-state index in [0.717, 1.165) is 17.8 Å². The molecule has 0 heterocycles. The van der Waals surface area contributed by atoms with Crippen LogP contribution in [0.5, 0.6) is 0 Å². The maximum absolute atomic E-state index is 12.2. The van der Waals surface area contributed by atoms with Gasteiger partial charge in [-0.1, -0.05) is 45.9 Å². The van der Waals surface area contributed by atoms with Crippen LogP contribution in [-0.4, -0.2) is 24.9 Å². The number of carbonyl (C=O) groups excluding carboxylic acids is 2. The Morgan fingerprint density at radius 2 is 1.67 bits per heavy atom. The highest BCUT2D eigenvalue weighted by molar-refractivity contribution is 5.96. The largest absolute Gasteiger partial charge is 0.376 e. The summed E-state index contributed by atoms with van der Waals surface area (Å²) < 4.78 is 0. The third kappa shape index (κ3) is 6.44. The zero-order chi connectivity index (χ0) is 19.9. The normalized spacial score (nSPS) is 11.0. The van der Waals surface area contributed by atoms with Crippen LogP contribution >= 0.6 is 0 Å². The van der Waals surface area contributed by atoms with Gasteiger partial charge in [0, 0.05) is 23.5 Å². The minimum absolute atomic E-state index is 0.0819. The van der Waals surface area contributed by atoms with Gasteiger partial charge in [-0.3, -0.25) is 9.59 Å². The fourth-order valence-corrected chi connectivity index (χ4v) is 2.55. The number of benzene rings is 2. The van der Waals surface area contributed by atoms with Gasteiger partial charge in [0.1, 0.15) is 0 Å². The van der Waals surface area contributed by atoms with Crippen molar-refractivity contribution in [2.45, 2.75) is 39.5 Å². The molecule has 2 rings (SSSR count). The molecule has 0 aliphatic heterocycles. The second kappa shape index (κ2) is 9.21. The smallest absolute Gasteiger partial charge is 0.251 e. The Morgan fingerprint density at radius 3 is 2.30 bits per heavy atom. The Bertz CT molecular complexity index is 777. The van der Waals surface area contributed by atoms with Gasteiger partial charge in [0.25, 0.3) is 5.91 Å². The first-order valence-corrected chi connectivity index (χ1v) is 9.32. The minimum atomic E-state index is -0.139. The number of hydrogen-bond donors (Lipinski definition) is 3. The predicted octanol–water partition coefficient (Wildman–Crippen LogP) is 4.17. The summed E-state index contributed by atoms with van der Waals surface area (Å²) in [6.45, 7) is 9.24. The highest BCUT2D eigenvalue weighted by Crippen LogP contribution is 2.23. The summed E-state index contributed by atoms with van der Waals surface area (Å²) >= 11 is 0. The summed E-state index contributed by atoms with van der Waals surface area (Å²) in [6.07, 6.45) is 0.889. The Labute approximate surface area is 161 Å². The molecule has 2 aromatic rings. The van der Waals surface area contributed by atoms with Crippen molar-refractivity contribution in [2.24, 2.45) is 0 Å². The molecule has 2 aromatic carbocycles. The van der Waals surface area contributed by atoms with E-state index in [0.29, 0.717) is 12.1 Å². The van der Waals surface area contributed by atoms with Crippen LogP contribution in [0.2, 0.25) is 0 Å². The molecule has 0 aliphatic rings. The second-order valence-corrected chi connectivity index (χ2v) is 7.57. The number of amides is 2. The Hall–Kier alpha value is -2.82. The number of carbonyl (C=O) groups is 2. The standard InChI is InChI=1S/C22H29N3O2/c1-5-13-23-21(27)16-7-6-8-19(14-16)24-15-20(26)25-18-11-9-17(10-12-18)22(2,3)4/h6-12,14,24H,5,13,15H2,1-4H3,(H,23,27)(H,25,26). The number of anilines is 2. The number of nitrogens with one attached hydrogen (secondary N) is 3. The number of hydrogen-bond acceptors (Lipinski definition) is 3. The van der Waals surface area contributed by atoms with Gasteiger partial charge in [0.05, 0.1) is 6.54 Å². The molecule has 0 radical (unpaired) electrons. The quantitative estimate of drug-likeness (QED) is 0.688. The summed E-state index contributed by atoms with van der Waals surface area (Å²) in [6, 6.07) is 15.0. The fourth-order valence-electron chi connectivity index (χ4n) is 2.55. The second-order valence-electron chi connectivity index (χ2n) is 7.57. The average Bonchev–Trinajstić information content (AvgIpc) is 2.64. The van der Waals surface area contributed by atoms with Crippen LogP contribution in [0.3, 0.4) is 0 Å². The van der Waals surface area contributed by atoms with E-state index in [1.165, 1.54) is 5.56 Å². The summed E-state index contributed by atoms with van der Waals surface area (Å²) in [5, 5.41) is 8.78. The van der Waals surface area contributed by atoms with Gasteiger partial charge in [0.15, 0.2) is 0 Å². The maximum atomic E-state index is 12.2. The summed E-state index contributed by atoms with van der Waals surface area (Å²) in [5.41, 5.74) is 3.38. The van der Waals surface area contributed by atoms with Crippen molar-refractivity contribution < 1.29 is 9.59 Å². The SMILES string of the molecule is CCCNC(=O)c1cccc(NCC(=O)Nc2ccc(C(C)(C)C)cc2)c1. The number of rotatable bonds is 7. The van der Waals surface area contributed by atoms with Crippen molar-refractivity contribution in [1.29, 1.82) is 0 Å². The fraction of sp³-hybridized carbons (Fsp3) is 0.364. The molecule has 5 heteroatoms. The lowest BCUT2D eigenvalue weighted by Gasteiger charge is -2.19. The first-order valence-electron chi connectivity index (χ1n) is 9.32. The molecule has 3 N–H and O–H groups in total. The zero-order valence-electron chi connectivity index (χ0n) is 16.6. The summed E-state index contributed by atoms with van der Waals surface area (Å²) in [7, 11) is 0. The molecular formula is C22H29N3O2. The van der Waals surface area contributed by atoms with E-state index in [2.05, 4.69) is 36.7 Å². The molecule has 0 aliphatic carbocycles. The average molecular weight is 367 g/mol. The first-order chi connectivity index (χ1) is 12.8. The van der Waals surface area contributed by atoms with Crippen molar-refractivity contribution in [3.05, 3.63) is 59.7 Å². The van der Waals surface area contributed by atoms with Crippen molar-refractivity contribution in [1.82, 2.24) is 5.32 Å². The Balaban J connectivity index is 1.89. The monoisotopic (exact) mass is 367 g/mol. The molecule has 0 saturated carbocycles. The van der Waals surface area contributed by atoms with Gasteiger partial charge in [-0.15, -0.1) is 0 Å². The molecular weight excluding hydrogens is 338 g/mol. The van der Waals surface area contributed by atoms with Crippen LogP contribution in [0.25, 0.3) is 0 Å². The van der Waals surface area contributed by atoms with E-state index in [-0.39, 0.29) is 23.8 Å². The molecule has 27 heavy (non-hydrogen) atoms. The van der Waals surface area contributed by atoms with Gasteiger partial charge in [-0.25, -0.2) is 0 Å². The molecule has 0 unspecified atom stereocenters. The van der Waals surface area contributed by atoms with Crippen LogP contribution in [0.1, 0.15) is 50.0 Å². The van der Waals surface area contributed by atoms with Crippen LogP contribution in [0.15, 0.2) is 48.5 Å². The summed E-state index contributed by atoms with van der Waals surface area (Å²) in [4.78, 5) is 24.2. The van der Waals surface area contributed by atoms with Gasteiger partial charge < -0.3 is 16.0 Å². The van der Waals surface area contributed by atoms with E-state index in [1.807, 2.05) is 37.3 Å². The lowest BCUT2D eigenvalue weighted by molar-refractivity contribution is -0.114. The molecule has 0 aromatic heterocycles. The molecule has 0 saturated heterocycles. The zero-order valence-corrected chi connectivity index (χ0v) is 16.6. The van der Waals surface area contributed by atoms with Gasteiger partial charge in [-0.05, 0) is 47.7 Å². The van der Waals surface area contributed by atoms with Crippen LogP contribution in [0.4, 0.5) is 11.4 Å². The van der Waals surface area contributed by atoms with E-state index in [4.69, 9.17) is 0 Å². The third-order valence-corrected chi connectivity index (χ3v) is 4.15. The Kier molecular flexibility index (Phi) is 6.99. The lowest BCUT2D eigenvalue weighted by atomic mass is 9.87. The maximum Gasteiger partial charge on any atom is 0.251 e. The molecule has 2 amide bonds. The topological polar surface area (TPSA) is 70.2 Å². The molecule has 144 valence electrons. The molecule has 0 atom stereocenters. The van der Waals surface area contributed by atoms with Gasteiger partial charge >= 0.3 is 0 Å². The van der Waals surface area contributed by atoms with Crippen molar-refractivity contribution >= 4 is 23.2 Å². The first kappa shape index (κ1) is 20.5. The summed E-state index contributed by atoms with van der Waals surface area (Å²) in [5.74, 6) is -0.247. The molecule has 0 spiro atoms. The van der Waals surface area contributed by atoms with Crippen molar-refractivity contribution in [2.75, 3.05) is 23.7 Å². The molecule has 0 fully saturated rings. The Morgan fingerprint density at radius 1 is 0.963 bits per heavy atom. The van der Waals surface area contributed by atoms with E-state index in [9.17, 15) is 9.59 Å². The van der Waals surface area contributed by atoms with Crippen molar-refractivity contribution in [3.63, 3.8) is 0 Å². The van der Waals surface area contributed by atoms with Gasteiger partial charge in [-0.2, -0.15) is 0 Å². The highest BCUT2D eigenvalue weighted by atomic mass is 16.2. The lowest BCUT2D eigenvalue weighted by Crippen LogP contribution is -2.24. The van der Waals surface area contributed by atoms with E-state index in [1.54, 1.807) is 18.2 Å². The molecule has 5 nitrogen and oxygen atoms in total. The van der Waals surface area contributed by atoms with Crippen molar-refractivity contribution in [3.8, 4) is 0 Å². The third-order valence-electron chi connectivity index (χ3n) is 4.15. The predicted molar refractivity (Wildman–Crippen MR) is 111 cm³/mol. The van der Waals surface area contributed by atoms with Crippen LogP contribution in [0, 0.1) is 0 Å². The highest BCUT2D eigenvalue weighted by Gasteiger charge is 2.13. The van der Waals surface area contributed by atoms with E-state index >= 15 is 0 Å². The minimum Gasteiger partial charge on any atom is -0.376 e. The van der Waals surface area contributed by atoms with Gasteiger partial charge in [0.2, 0.25) is 5.91 Å². The van der Waals surface area contributed by atoms with E-state index < -0.39 is 0 Å².